The van der Waals surface area contributed by atoms with Gasteiger partial charge in [-0.15, -0.1) is 0 Å². The number of ether oxygens (including phenoxy) is 3. The molecule has 39 heavy (non-hydrogen) atoms. The first-order valence-electron chi connectivity index (χ1n) is 14.9. The highest BCUT2D eigenvalue weighted by molar-refractivity contribution is 5.93. The van der Waals surface area contributed by atoms with E-state index in [4.69, 9.17) is 14.2 Å². The fraction of sp³-hybridized carbons (Fsp3) is 0.767. The number of phenolic OH excluding ortho intramolecular Hbond substituents is 1. The maximum Gasteiger partial charge on any atom is 0.342 e. The molecule has 9 nitrogen and oxygen atoms in total. The third kappa shape index (κ3) is 12.0. The summed E-state index contributed by atoms with van der Waals surface area (Å²) >= 11 is 0. The Morgan fingerprint density at radius 1 is 0.795 bits per heavy atom. The van der Waals surface area contributed by atoms with Gasteiger partial charge in [0.05, 0.1) is 13.2 Å². The summed E-state index contributed by atoms with van der Waals surface area (Å²) in [5.41, 5.74) is -0.0621. The van der Waals surface area contributed by atoms with E-state index in [-0.39, 0.29) is 23.7 Å². The van der Waals surface area contributed by atoms with Crippen LogP contribution < -0.4 is 4.74 Å². The lowest BCUT2D eigenvalue weighted by molar-refractivity contribution is -0.277. The highest BCUT2D eigenvalue weighted by Gasteiger charge is 2.45. The van der Waals surface area contributed by atoms with Crippen LogP contribution in [0.1, 0.15) is 114 Å². The minimum Gasteiger partial charge on any atom is -0.508 e. The highest BCUT2D eigenvalue weighted by Crippen LogP contribution is 2.29. The van der Waals surface area contributed by atoms with Gasteiger partial charge >= 0.3 is 5.97 Å². The van der Waals surface area contributed by atoms with E-state index >= 15 is 0 Å². The normalized spacial score (nSPS) is 23.1. The number of aromatic hydroxyl groups is 1. The Bertz CT molecular complexity index is 801. The quantitative estimate of drug-likeness (QED) is 0.115. The largest absolute Gasteiger partial charge is 0.508 e. The van der Waals surface area contributed by atoms with Crippen LogP contribution in [0.4, 0.5) is 0 Å². The molecule has 0 aromatic heterocycles. The third-order valence-electron chi connectivity index (χ3n) is 7.26. The first-order chi connectivity index (χ1) is 18.9. The van der Waals surface area contributed by atoms with Crippen molar-refractivity contribution in [1.29, 1.82) is 0 Å². The summed E-state index contributed by atoms with van der Waals surface area (Å²) in [6, 6.07) is 3.81. The summed E-state index contributed by atoms with van der Waals surface area (Å²) in [4.78, 5) is 12.7. The Labute approximate surface area is 233 Å². The molecule has 0 spiro atoms. The van der Waals surface area contributed by atoms with Gasteiger partial charge in [-0.2, -0.15) is 0 Å². The standard InChI is InChI=1S/C30H50O9/c1-2-3-4-5-6-7-8-9-10-11-12-13-14-15-16-19-37-29(36)23-20-22(32)17-18-24(23)38-30-28(35)27(34)26(33)25(21-31)39-30/h17-18,20,25-28,30-35H,2-16,19,21H2,1H3/t25-,26-,27+,28-,30-/m1/s1. The van der Waals surface area contributed by atoms with Gasteiger partial charge in [0.25, 0.3) is 0 Å². The van der Waals surface area contributed by atoms with Crippen molar-refractivity contribution in [1.82, 2.24) is 0 Å². The number of aliphatic hydroxyl groups is 4. The van der Waals surface area contributed by atoms with Crippen LogP contribution in [0.5, 0.6) is 11.5 Å². The molecule has 0 bridgehead atoms. The number of hydrogen-bond acceptors (Lipinski definition) is 9. The van der Waals surface area contributed by atoms with E-state index in [1.807, 2.05) is 0 Å². The number of benzene rings is 1. The predicted molar refractivity (Wildman–Crippen MR) is 148 cm³/mol. The second-order valence-corrected chi connectivity index (χ2v) is 10.6. The Hall–Kier alpha value is -1.91. The molecule has 9 heteroatoms. The third-order valence-corrected chi connectivity index (χ3v) is 7.26. The first-order valence-corrected chi connectivity index (χ1v) is 14.9. The molecule has 0 aliphatic carbocycles. The minimum absolute atomic E-state index is 0.0291. The molecule has 1 fully saturated rings. The van der Waals surface area contributed by atoms with Crippen molar-refractivity contribution >= 4 is 5.97 Å². The number of unbranched alkanes of at least 4 members (excludes halogenated alkanes) is 14. The SMILES string of the molecule is CCCCCCCCCCCCCCCCCOC(=O)c1cc(O)ccc1O[C@@H]1O[C@H](CO)[C@@H](O)[C@H](O)[C@H]1O. The average Bonchev–Trinajstić information content (AvgIpc) is 2.93. The molecule has 0 unspecified atom stereocenters. The maximum absolute atomic E-state index is 12.7. The molecule has 5 N–H and O–H groups in total. The van der Waals surface area contributed by atoms with Crippen molar-refractivity contribution in [3.05, 3.63) is 23.8 Å². The summed E-state index contributed by atoms with van der Waals surface area (Å²) in [5.74, 6) is -0.899. The molecule has 1 aromatic carbocycles. The van der Waals surface area contributed by atoms with Crippen molar-refractivity contribution in [2.75, 3.05) is 13.2 Å². The molecule has 1 heterocycles. The van der Waals surface area contributed by atoms with E-state index in [0.29, 0.717) is 0 Å². The summed E-state index contributed by atoms with van der Waals surface area (Å²) in [5, 5.41) is 49.3. The van der Waals surface area contributed by atoms with Gasteiger partial charge in [0, 0.05) is 0 Å². The van der Waals surface area contributed by atoms with E-state index < -0.39 is 43.3 Å². The van der Waals surface area contributed by atoms with Crippen molar-refractivity contribution in [3.8, 4) is 11.5 Å². The molecule has 0 saturated carbocycles. The van der Waals surface area contributed by atoms with Gasteiger partial charge in [0.15, 0.2) is 0 Å². The fourth-order valence-electron chi connectivity index (χ4n) is 4.79. The van der Waals surface area contributed by atoms with Gasteiger partial charge in [0.2, 0.25) is 6.29 Å². The summed E-state index contributed by atoms with van der Waals surface area (Å²) < 4.78 is 16.3. The number of carbonyl (C=O) groups excluding carboxylic acids is 1. The number of hydrogen-bond donors (Lipinski definition) is 5. The molecule has 1 aliphatic heterocycles. The lowest BCUT2D eigenvalue weighted by Crippen LogP contribution is -2.60. The van der Waals surface area contributed by atoms with Crippen LogP contribution in [-0.4, -0.2) is 75.4 Å². The first kappa shape index (κ1) is 33.3. The van der Waals surface area contributed by atoms with Crippen LogP contribution in [-0.2, 0) is 9.47 Å². The van der Waals surface area contributed by atoms with Crippen LogP contribution in [0, 0.1) is 0 Å². The second kappa shape index (κ2) is 19.2. The van der Waals surface area contributed by atoms with E-state index in [1.165, 1.54) is 95.2 Å². The van der Waals surface area contributed by atoms with Crippen LogP contribution >= 0.6 is 0 Å². The zero-order valence-corrected chi connectivity index (χ0v) is 23.5. The predicted octanol–water partition coefficient (Wildman–Crippen LogP) is 4.60. The van der Waals surface area contributed by atoms with Crippen molar-refractivity contribution in [2.45, 2.75) is 134 Å². The smallest absolute Gasteiger partial charge is 0.342 e. The molecular formula is C30H50O9. The minimum atomic E-state index is -1.62. The second-order valence-electron chi connectivity index (χ2n) is 10.6. The van der Waals surface area contributed by atoms with Crippen molar-refractivity contribution in [2.24, 2.45) is 0 Å². The molecular weight excluding hydrogens is 504 g/mol. The molecule has 5 atom stereocenters. The number of esters is 1. The zero-order valence-electron chi connectivity index (χ0n) is 23.5. The fourth-order valence-corrected chi connectivity index (χ4v) is 4.79. The van der Waals surface area contributed by atoms with Crippen LogP contribution in [0.2, 0.25) is 0 Å². The molecule has 1 saturated heterocycles. The maximum atomic E-state index is 12.7. The van der Waals surface area contributed by atoms with E-state index in [1.54, 1.807) is 0 Å². The van der Waals surface area contributed by atoms with Crippen molar-refractivity contribution in [3.63, 3.8) is 0 Å². The van der Waals surface area contributed by atoms with Gasteiger partial charge in [0.1, 0.15) is 41.5 Å². The zero-order chi connectivity index (χ0) is 28.5. The summed E-state index contributed by atoms with van der Waals surface area (Å²) in [7, 11) is 0. The molecule has 2 rings (SSSR count). The molecule has 224 valence electrons. The van der Waals surface area contributed by atoms with Gasteiger partial charge in [-0.25, -0.2) is 4.79 Å². The van der Waals surface area contributed by atoms with Gasteiger partial charge in [-0.1, -0.05) is 96.8 Å². The number of rotatable bonds is 20. The monoisotopic (exact) mass is 554 g/mol. The van der Waals surface area contributed by atoms with E-state index in [9.17, 15) is 30.3 Å². The Kier molecular flexibility index (Phi) is 16.4. The molecule has 0 radical (unpaired) electrons. The highest BCUT2D eigenvalue weighted by atomic mass is 16.7. The van der Waals surface area contributed by atoms with Gasteiger partial charge in [-0.05, 0) is 24.6 Å². The average molecular weight is 555 g/mol. The van der Waals surface area contributed by atoms with Crippen LogP contribution in [0.25, 0.3) is 0 Å². The summed E-state index contributed by atoms with van der Waals surface area (Å²) in [6.45, 7) is 1.88. The van der Waals surface area contributed by atoms with E-state index in [0.717, 1.165) is 19.3 Å². The molecule has 1 aromatic rings. The van der Waals surface area contributed by atoms with Crippen LogP contribution in [0.3, 0.4) is 0 Å². The number of phenols is 1. The molecule has 1 aliphatic rings. The van der Waals surface area contributed by atoms with Crippen LogP contribution in [0.15, 0.2) is 18.2 Å². The van der Waals surface area contributed by atoms with Gasteiger partial charge in [-0.3, -0.25) is 0 Å². The number of aliphatic hydroxyl groups excluding tert-OH is 4. The van der Waals surface area contributed by atoms with Crippen molar-refractivity contribution < 1.29 is 44.5 Å². The van der Waals surface area contributed by atoms with Gasteiger partial charge < -0.3 is 39.7 Å². The Morgan fingerprint density at radius 3 is 1.87 bits per heavy atom. The lowest BCUT2D eigenvalue weighted by atomic mass is 9.99. The molecule has 0 amide bonds. The summed E-state index contributed by atoms with van der Waals surface area (Å²) in [6.07, 6.45) is 11.3. The lowest BCUT2D eigenvalue weighted by Gasteiger charge is -2.39. The Morgan fingerprint density at radius 2 is 1.33 bits per heavy atom. The number of carbonyl (C=O) groups is 1. The van der Waals surface area contributed by atoms with E-state index in [2.05, 4.69) is 6.92 Å². The Balaban J connectivity index is 1.63. The topological polar surface area (TPSA) is 146 Å².